The topological polar surface area (TPSA) is 45.2 Å². The molecule has 1 aromatic carbocycles. The number of carbonyl (C=O) groups excluding carboxylic acids is 1. The van der Waals surface area contributed by atoms with Gasteiger partial charge in [0.05, 0.1) is 11.3 Å². The molecule has 2 heterocycles. The van der Waals surface area contributed by atoms with E-state index < -0.39 is 17.5 Å². The fourth-order valence-electron chi connectivity index (χ4n) is 2.89. The predicted molar refractivity (Wildman–Crippen MR) is 89.2 cm³/mol. The zero-order valence-corrected chi connectivity index (χ0v) is 13.3. The van der Waals surface area contributed by atoms with Crippen LogP contribution in [0.25, 0.3) is 0 Å². The van der Waals surface area contributed by atoms with Gasteiger partial charge in [-0.05, 0) is 37.1 Å². The molecule has 0 bridgehead atoms. The number of hydrogen-bond donors (Lipinski definition) is 1. The summed E-state index contributed by atoms with van der Waals surface area (Å²) in [6.45, 7) is 1.68. The number of pyridine rings is 1. The average molecular weight is 331 g/mol. The number of carbonyl (C=O) groups is 1. The molecular formula is C18H19F2N3O. The van der Waals surface area contributed by atoms with Crippen LogP contribution in [0.3, 0.4) is 0 Å². The molecule has 0 radical (unpaired) electrons. The van der Waals surface area contributed by atoms with E-state index in [2.05, 4.69) is 15.2 Å². The van der Waals surface area contributed by atoms with Gasteiger partial charge in [0, 0.05) is 25.4 Å². The third-order valence-corrected chi connectivity index (χ3v) is 4.11. The Labute approximate surface area is 139 Å². The van der Waals surface area contributed by atoms with Crippen molar-refractivity contribution in [1.82, 2.24) is 4.98 Å². The Morgan fingerprint density at radius 3 is 2.58 bits per heavy atom. The first-order valence-corrected chi connectivity index (χ1v) is 8.11. The molecule has 0 aliphatic carbocycles. The summed E-state index contributed by atoms with van der Waals surface area (Å²) in [5.41, 5.74) is 0.189. The third kappa shape index (κ3) is 3.69. The van der Waals surface area contributed by atoms with E-state index in [-0.39, 0.29) is 5.69 Å². The first-order chi connectivity index (χ1) is 11.6. The number of amides is 1. The molecule has 4 nitrogen and oxygen atoms in total. The van der Waals surface area contributed by atoms with E-state index >= 15 is 0 Å². The van der Waals surface area contributed by atoms with Crippen LogP contribution in [-0.4, -0.2) is 24.0 Å². The van der Waals surface area contributed by atoms with Crippen molar-refractivity contribution in [3.63, 3.8) is 0 Å². The molecule has 6 heteroatoms. The van der Waals surface area contributed by atoms with Crippen LogP contribution in [0.2, 0.25) is 0 Å². The minimum absolute atomic E-state index is 0.175. The molecule has 1 amide bonds. The van der Waals surface area contributed by atoms with E-state index in [0.717, 1.165) is 44.1 Å². The molecule has 1 N–H and O–H groups in total. The highest BCUT2D eigenvalue weighted by atomic mass is 19.1. The van der Waals surface area contributed by atoms with Crippen molar-refractivity contribution in [2.24, 2.45) is 0 Å². The highest BCUT2D eigenvalue weighted by Crippen LogP contribution is 2.23. The number of anilines is 2. The molecule has 1 aliphatic heterocycles. The van der Waals surface area contributed by atoms with Gasteiger partial charge in [0.15, 0.2) is 0 Å². The lowest BCUT2D eigenvalue weighted by Gasteiger charge is -2.23. The predicted octanol–water partition coefficient (Wildman–Crippen LogP) is 3.99. The van der Waals surface area contributed by atoms with E-state index in [1.807, 2.05) is 0 Å². The summed E-state index contributed by atoms with van der Waals surface area (Å²) in [5, 5.41) is 2.44. The second kappa shape index (κ2) is 7.38. The van der Waals surface area contributed by atoms with E-state index in [1.165, 1.54) is 12.8 Å². The summed E-state index contributed by atoms with van der Waals surface area (Å²) in [5.74, 6) is -1.18. The van der Waals surface area contributed by atoms with Gasteiger partial charge in [0.1, 0.15) is 17.5 Å². The van der Waals surface area contributed by atoms with Gasteiger partial charge in [-0.1, -0.05) is 12.8 Å². The first-order valence-electron chi connectivity index (χ1n) is 8.11. The number of hydrogen-bond acceptors (Lipinski definition) is 3. The van der Waals surface area contributed by atoms with E-state index in [9.17, 15) is 13.6 Å². The van der Waals surface area contributed by atoms with Crippen LogP contribution < -0.4 is 10.2 Å². The molecule has 0 atom stereocenters. The van der Waals surface area contributed by atoms with Gasteiger partial charge in [-0.2, -0.15) is 0 Å². The SMILES string of the molecule is O=C(Nc1cc(F)ccc1F)c1cccnc1N1CCCCCC1. The lowest BCUT2D eigenvalue weighted by Crippen LogP contribution is -2.28. The fourth-order valence-corrected chi connectivity index (χ4v) is 2.89. The number of nitrogens with zero attached hydrogens (tertiary/aromatic N) is 2. The number of halogens is 2. The van der Waals surface area contributed by atoms with Crippen LogP contribution >= 0.6 is 0 Å². The fraction of sp³-hybridized carbons (Fsp3) is 0.333. The minimum Gasteiger partial charge on any atom is -0.356 e. The molecule has 1 saturated heterocycles. The molecule has 0 saturated carbocycles. The van der Waals surface area contributed by atoms with Gasteiger partial charge in [-0.3, -0.25) is 4.79 Å². The second-order valence-corrected chi connectivity index (χ2v) is 5.85. The van der Waals surface area contributed by atoms with Gasteiger partial charge in [0.25, 0.3) is 5.91 Å². The highest BCUT2D eigenvalue weighted by molar-refractivity contribution is 6.07. The van der Waals surface area contributed by atoms with Gasteiger partial charge in [-0.25, -0.2) is 13.8 Å². The molecule has 24 heavy (non-hydrogen) atoms. The van der Waals surface area contributed by atoms with Crippen LogP contribution in [0.1, 0.15) is 36.0 Å². The smallest absolute Gasteiger partial charge is 0.259 e. The maximum atomic E-state index is 13.7. The lowest BCUT2D eigenvalue weighted by molar-refractivity contribution is 0.102. The van der Waals surface area contributed by atoms with Crippen molar-refractivity contribution in [3.8, 4) is 0 Å². The Balaban J connectivity index is 1.86. The summed E-state index contributed by atoms with van der Waals surface area (Å²) < 4.78 is 27.0. The number of benzene rings is 1. The molecule has 1 aliphatic rings. The Morgan fingerprint density at radius 1 is 1.08 bits per heavy atom. The molecule has 0 spiro atoms. The van der Waals surface area contributed by atoms with Crippen molar-refractivity contribution >= 4 is 17.4 Å². The number of nitrogens with one attached hydrogen (secondary N) is 1. The van der Waals surface area contributed by atoms with Gasteiger partial charge in [0.2, 0.25) is 0 Å². The molecule has 2 aromatic rings. The third-order valence-electron chi connectivity index (χ3n) is 4.11. The van der Waals surface area contributed by atoms with Crippen molar-refractivity contribution in [2.75, 3.05) is 23.3 Å². The van der Waals surface area contributed by atoms with Crippen LogP contribution in [0, 0.1) is 11.6 Å². The van der Waals surface area contributed by atoms with Crippen LogP contribution in [0.5, 0.6) is 0 Å². The molecule has 1 aromatic heterocycles. The molecule has 1 fully saturated rings. The maximum Gasteiger partial charge on any atom is 0.259 e. The monoisotopic (exact) mass is 331 g/mol. The Morgan fingerprint density at radius 2 is 1.83 bits per heavy atom. The maximum absolute atomic E-state index is 13.7. The zero-order chi connectivity index (χ0) is 16.9. The average Bonchev–Trinajstić information content (AvgIpc) is 2.87. The zero-order valence-electron chi connectivity index (χ0n) is 13.3. The Hall–Kier alpha value is -2.50. The van der Waals surface area contributed by atoms with E-state index in [0.29, 0.717) is 11.4 Å². The van der Waals surface area contributed by atoms with Crippen molar-refractivity contribution in [3.05, 3.63) is 53.7 Å². The van der Waals surface area contributed by atoms with Crippen molar-refractivity contribution in [2.45, 2.75) is 25.7 Å². The minimum atomic E-state index is -0.676. The molecule has 3 rings (SSSR count). The number of aromatic nitrogens is 1. The first kappa shape index (κ1) is 16.4. The summed E-state index contributed by atoms with van der Waals surface area (Å²) in [6, 6.07) is 6.29. The second-order valence-electron chi connectivity index (χ2n) is 5.85. The van der Waals surface area contributed by atoms with E-state index in [1.54, 1.807) is 18.3 Å². The normalized spacial score (nSPS) is 15.0. The van der Waals surface area contributed by atoms with Gasteiger partial charge in [-0.15, -0.1) is 0 Å². The van der Waals surface area contributed by atoms with Gasteiger partial charge < -0.3 is 10.2 Å². The molecule has 126 valence electrons. The lowest BCUT2D eigenvalue weighted by atomic mass is 10.2. The summed E-state index contributed by atoms with van der Waals surface area (Å²) in [6.07, 6.45) is 6.07. The Bertz CT molecular complexity index is 728. The van der Waals surface area contributed by atoms with Crippen molar-refractivity contribution < 1.29 is 13.6 Å². The number of rotatable bonds is 3. The standard InChI is InChI=1S/C18H19F2N3O/c19-13-7-8-15(20)16(12-13)22-18(24)14-6-5-9-21-17(14)23-10-3-1-2-4-11-23/h5-9,12H,1-4,10-11H2,(H,22,24). The van der Waals surface area contributed by atoms with Gasteiger partial charge >= 0.3 is 0 Å². The Kier molecular flexibility index (Phi) is 5.03. The summed E-state index contributed by atoms with van der Waals surface area (Å²) >= 11 is 0. The van der Waals surface area contributed by atoms with E-state index in [4.69, 9.17) is 0 Å². The highest BCUT2D eigenvalue weighted by Gasteiger charge is 2.20. The molecular weight excluding hydrogens is 312 g/mol. The summed E-state index contributed by atoms with van der Waals surface area (Å²) in [7, 11) is 0. The van der Waals surface area contributed by atoms with Crippen LogP contribution in [-0.2, 0) is 0 Å². The largest absolute Gasteiger partial charge is 0.356 e. The quantitative estimate of drug-likeness (QED) is 0.925. The summed E-state index contributed by atoms with van der Waals surface area (Å²) in [4.78, 5) is 19.0. The molecule has 0 unspecified atom stereocenters. The van der Waals surface area contributed by atoms with Crippen LogP contribution in [0.15, 0.2) is 36.5 Å². The van der Waals surface area contributed by atoms with Crippen molar-refractivity contribution in [1.29, 1.82) is 0 Å². The van der Waals surface area contributed by atoms with Crippen LogP contribution in [0.4, 0.5) is 20.3 Å².